The number of likely N-dealkylation sites (tertiary alicyclic amines) is 1. The van der Waals surface area contributed by atoms with Crippen LogP contribution < -0.4 is 5.32 Å². The van der Waals surface area contributed by atoms with Crippen molar-refractivity contribution in [3.8, 4) is 0 Å². The molecule has 0 amide bonds. The average molecular weight is 426 g/mol. The Hall–Kier alpha value is -2.35. The summed E-state index contributed by atoms with van der Waals surface area (Å²) < 4.78 is 11.8. The van der Waals surface area contributed by atoms with Gasteiger partial charge in [0.25, 0.3) is 0 Å². The van der Waals surface area contributed by atoms with E-state index in [0.717, 1.165) is 51.1 Å². The molecule has 0 spiro atoms. The molecule has 2 fully saturated rings. The van der Waals surface area contributed by atoms with Crippen LogP contribution in [0.4, 0.5) is 0 Å². The Morgan fingerprint density at radius 2 is 2.03 bits per heavy atom. The van der Waals surface area contributed by atoms with Gasteiger partial charge >= 0.3 is 0 Å². The Balaban J connectivity index is 1.46. The fourth-order valence-corrected chi connectivity index (χ4v) is 4.53. The zero-order valence-electron chi connectivity index (χ0n) is 18.9. The van der Waals surface area contributed by atoms with Gasteiger partial charge in [0.1, 0.15) is 5.76 Å². The number of benzene rings is 1. The SMILES string of the molecule is CCNC(=NCC(c1ccco1)N(C)C)N1CC2OCCN(Cc3ccccc3)C2C1. The van der Waals surface area contributed by atoms with Crippen molar-refractivity contribution in [2.75, 3.05) is 53.4 Å². The first-order valence-electron chi connectivity index (χ1n) is 11.3. The quantitative estimate of drug-likeness (QED) is 0.543. The van der Waals surface area contributed by atoms with Crippen molar-refractivity contribution in [3.05, 3.63) is 60.1 Å². The molecule has 2 aliphatic heterocycles. The zero-order valence-corrected chi connectivity index (χ0v) is 18.9. The van der Waals surface area contributed by atoms with E-state index in [1.807, 2.05) is 12.1 Å². The molecule has 2 aliphatic rings. The van der Waals surface area contributed by atoms with Crippen molar-refractivity contribution < 1.29 is 9.15 Å². The maximum atomic E-state index is 6.16. The van der Waals surface area contributed by atoms with Gasteiger partial charge < -0.3 is 19.4 Å². The molecule has 1 N–H and O–H groups in total. The highest BCUT2D eigenvalue weighted by Crippen LogP contribution is 2.25. The second-order valence-corrected chi connectivity index (χ2v) is 8.53. The van der Waals surface area contributed by atoms with Gasteiger partial charge in [-0.2, -0.15) is 0 Å². The number of guanidine groups is 1. The van der Waals surface area contributed by atoms with E-state index < -0.39 is 0 Å². The van der Waals surface area contributed by atoms with Crippen LogP contribution in [0.1, 0.15) is 24.3 Å². The van der Waals surface area contributed by atoms with Crippen molar-refractivity contribution in [3.63, 3.8) is 0 Å². The van der Waals surface area contributed by atoms with Gasteiger partial charge in [-0.05, 0) is 38.7 Å². The van der Waals surface area contributed by atoms with E-state index in [2.05, 4.69) is 71.4 Å². The Bertz CT molecular complexity index is 824. The van der Waals surface area contributed by atoms with Gasteiger partial charge in [-0.25, -0.2) is 0 Å². The second-order valence-electron chi connectivity index (χ2n) is 8.53. The van der Waals surface area contributed by atoms with E-state index in [0.29, 0.717) is 12.6 Å². The minimum absolute atomic E-state index is 0.111. The minimum Gasteiger partial charge on any atom is -0.468 e. The lowest BCUT2D eigenvalue weighted by molar-refractivity contribution is -0.0502. The molecule has 31 heavy (non-hydrogen) atoms. The Kier molecular flexibility index (Phi) is 7.27. The maximum absolute atomic E-state index is 6.16. The van der Waals surface area contributed by atoms with Crippen molar-refractivity contribution in [1.82, 2.24) is 20.0 Å². The summed E-state index contributed by atoms with van der Waals surface area (Å²) in [6.45, 7) is 8.12. The summed E-state index contributed by atoms with van der Waals surface area (Å²) in [5, 5.41) is 3.49. The second kappa shape index (κ2) is 10.3. The number of fused-ring (bicyclic) bond motifs is 1. The van der Waals surface area contributed by atoms with E-state index in [1.54, 1.807) is 6.26 Å². The largest absolute Gasteiger partial charge is 0.468 e. The highest BCUT2D eigenvalue weighted by atomic mass is 16.5. The van der Waals surface area contributed by atoms with Crippen LogP contribution in [0.3, 0.4) is 0 Å². The number of aliphatic imine (C=N–C) groups is 1. The Morgan fingerprint density at radius 3 is 2.74 bits per heavy atom. The van der Waals surface area contributed by atoms with Gasteiger partial charge in [0, 0.05) is 32.7 Å². The lowest BCUT2D eigenvalue weighted by atomic mass is 10.1. The maximum Gasteiger partial charge on any atom is 0.194 e. The topological polar surface area (TPSA) is 56.5 Å². The molecule has 3 heterocycles. The third-order valence-electron chi connectivity index (χ3n) is 6.19. The van der Waals surface area contributed by atoms with Gasteiger partial charge in [0.05, 0.1) is 37.6 Å². The third-order valence-corrected chi connectivity index (χ3v) is 6.19. The normalized spacial score (nSPS) is 23.2. The predicted molar refractivity (Wildman–Crippen MR) is 123 cm³/mol. The van der Waals surface area contributed by atoms with E-state index in [1.165, 1.54) is 5.56 Å². The van der Waals surface area contributed by atoms with Crippen LogP contribution in [-0.2, 0) is 11.3 Å². The minimum atomic E-state index is 0.111. The summed E-state index contributed by atoms with van der Waals surface area (Å²) in [4.78, 5) is 12.1. The molecule has 0 aliphatic carbocycles. The van der Waals surface area contributed by atoms with Crippen LogP contribution in [0.15, 0.2) is 58.1 Å². The summed E-state index contributed by atoms with van der Waals surface area (Å²) in [7, 11) is 4.13. The zero-order chi connectivity index (χ0) is 21.6. The molecule has 7 heteroatoms. The number of furan rings is 1. The van der Waals surface area contributed by atoms with Crippen molar-refractivity contribution in [2.24, 2.45) is 4.99 Å². The number of hydrogen-bond acceptors (Lipinski definition) is 5. The van der Waals surface area contributed by atoms with Crippen LogP contribution in [0.2, 0.25) is 0 Å². The molecule has 0 saturated carbocycles. The monoisotopic (exact) mass is 425 g/mol. The number of likely N-dealkylation sites (N-methyl/N-ethyl adjacent to an activating group) is 1. The number of nitrogens with one attached hydrogen (secondary N) is 1. The summed E-state index contributed by atoms with van der Waals surface area (Å²) in [5.74, 6) is 1.90. The van der Waals surface area contributed by atoms with Crippen LogP contribution in [0.25, 0.3) is 0 Å². The highest BCUT2D eigenvalue weighted by molar-refractivity contribution is 5.80. The molecule has 1 aromatic carbocycles. The summed E-state index contributed by atoms with van der Waals surface area (Å²) in [5.41, 5.74) is 1.36. The molecule has 4 rings (SSSR count). The highest BCUT2D eigenvalue weighted by Gasteiger charge is 2.41. The first-order chi connectivity index (χ1) is 15.2. The summed E-state index contributed by atoms with van der Waals surface area (Å²) >= 11 is 0. The molecule has 3 unspecified atom stereocenters. The molecule has 2 saturated heterocycles. The lowest BCUT2D eigenvalue weighted by Gasteiger charge is -2.36. The van der Waals surface area contributed by atoms with Crippen LogP contribution in [0.5, 0.6) is 0 Å². The first-order valence-corrected chi connectivity index (χ1v) is 11.3. The van der Waals surface area contributed by atoms with Gasteiger partial charge in [0.2, 0.25) is 0 Å². The lowest BCUT2D eigenvalue weighted by Crippen LogP contribution is -2.50. The fourth-order valence-electron chi connectivity index (χ4n) is 4.53. The number of nitrogens with zero attached hydrogens (tertiary/aromatic N) is 4. The molecule has 1 aromatic heterocycles. The Labute approximate surface area is 185 Å². The molecular formula is C24H35N5O2. The molecule has 168 valence electrons. The van der Waals surface area contributed by atoms with E-state index >= 15 is 0 Å². The average Bonchev–Trinajstić information content (AvgIpc) is 3.44. The van der Waals surface area contributed by atoms with Crippen LogP contribution >= 0.6 is 0 Å². The summed E-state index contributed by atoms with van der Waals surface area (Å²) in [6.07, 6.45) is 1.95. The smallest absolute Gasteiger partial charge is 0.194 e. The number of hydrogen-bond donors (Lipinski definition) is 1. The van der Waals surface area contributed by atoms with E-state index in [9.17, 15) is 0 Å². The van der Waals surface area contributed by atoms with Gasteiger partial charge in [-0.1, -0.05) is 30.3 Å². The Morgan fingerprint density at radius 1 is 1.19 bits per heavy atom. The molecule has 0 radical (unpaired) electrons. The van der Waals surface area contributed by atoms with Crippen molar-refractivity contribution in [1.29, 1.82) is 0 Å². The summed E-state index contributed by atoms with van der Waals surface area (Å²) in [6, 6.07) is 15.2. The molecule has 2 aromatic rings. The van der Waals surface area contributed by atoms with Crippen LogP contribution in [0, 0.1) is 0 Å². The molecule has 3 atom stereocenters. The predicted octanol–water partition coefficient (Wildman–Crippen LogP) is 2.43. The van der Waals surface area contributed by atoms with Gasteiger partial charge in [-0.15, -0.1) is 0 Å². The fraction of sp³-hybridized carbons (Fsp3) is 0.542. The standard InChI is InChI=1S/C24H35N5O2/c1-4-25-24(26-15-20(27(2)3)22-11-8-13-30-22)29-17-21-23(18-29)31-14-12-28(21)16-19-9-6-5-7-10-19/h5-11,13,20-21,23H,4,12,14-18H2,1-3H3,(H,25,26). The van der Waals surface area contributed by atoms with Gasteiger partial charge in [-0.3, -0.25) is 14.8 Å². The van der Waals surface area contributed by atoms with Crippen molar-refractivity contribution >= 4 is 5.96 Å². The molecule has 7 nitrogen and oxygen atoms in total. The number of rotatable bonds is 7. The third kappa shape index (κ3) is 5.29. The molecular weight excluding hydrogens is 390 g/mol. The molecule has 0 bridgehead atoms. The van der Waals surface area contributed by atoms with Crippen molar-refractivity contribution in [2.45, 2.75) is 31.7 Å². The van der Waals surface area contributed by atoms with Gasteiger partial charge in [0.15, 0.2) is 5.96 Å². The first kappa shape index (κ1) is 21.9. The van der Waals surface area contributed by atoms with Crippen LogP contribution in [-0.4, -0.2) is 86.2 Å². The van der Waals surface area contributed by atoms with E-state index in [-0.39, 0.29) is 12.1 Å². The number of morpholine rings is 1. The number of ether oxygens (including phenoxy) is 1. The van der Waals surface area contributed by atoms with E-state index in [4.69, 9.17) is 14.1 Å².